The molecule has 0 atom stereocenters. The number of fused-ring (bicyclic) bond motifs is 1. The van der Waals surface area contributed by atoms with Crippen molar-refractivity contribution in [3.8, 4) is 0 Å². The third-order valence-electron chi connectivity index (χ3n) is 2.10. The van der Waals surface area contributed by atoms with Crippen molar-refractivity contribution in [2.24, 2.45) is 0 Å². The fourth-order valence-electron chi connectivity index (χ4n) is 1.46. The van der Waals surface area contributed by atoms with Crippen LogP contribution in [0.5, 0.6) is 0 Å². The first-order valence-electron chi connectivity index (χ1n) is 4.83. The summed E-state index contributed by atoms with van der Waals surface area (Å²) in [7, 11) is 0. The van der Waals surface area contributed by atoms with Gasteiger partial charge in [-0.25, -0.2) is 9.31 Å². The minimum absolute atomic E-state index is 0.327. The van der Waals surface area contributed by atoms with Crippen LogP contribution in [0.3, 0.4) is 0 Å². The van der Waals surface area contributed by atoms with Crippen LogP contribution >= 0.6 is 0 Å². The Kier molecular flexibility index (Phi) is 2.41. The van der Waals surface area contributed by atoms with Gasteiger partial charge in [0.15, 0.2) is 0 Å². The van der Waals surface area contributed by atoms with Crippen LogP contribution in [0.15, 0.2) is 24.5 Å². The Morgan fingerprint density at radius 3 is 3.07 bits per heavy atom. The molecule has 2 aromatic heterocycles. The summed E-state index contributed by atoms with van der Waals surface area (Å²) < 4.78 is 6.63. The van der Waals surface area contributed by atoms with E-state index < -0.39 is 0 Å². The molecule has 2 heterocycles. The number of hydrogen-bond donors (Lipinski definition) is 0. The van der Waals surface area contributed by atoms with Gasteiger partial charge in [0.25, 0.3) is 0 Å². The molecule has 0 spiro atoms. The second-order valence-electron chi connectivity index (χ2n) is 3.35. The molecule has 78 valence electrons. The Balaban J connectivity index is 2.41. The second kappa shape index (κ2) is 3.73. The van der Waals surface area contributed by atoms with E-state index in [-0.39, 0.29) is 5.97 Å². The molecular formula is C11H12N2O2. The first-order chi connectivity index (χ1) is 7.20. The normalized spacial score (nSPS) is 10.5. The van der Waals surface area contributed by atoms with Gasteiger partial charge in [0.05, 0.1) is 23.9 Å². The second-order valence-corrected chi connectivity index (χ2v) is 3.35. The average molecular weight is 204 g/mol. The molecule has 0 unspecified atom stereocenters. The van der Waals surface area contributed by atoms with Gasteiger partial charge in [-0.3, -0.25) is 0 Å². The Bertz CT molecular complexity index is 502. The first kappa shape index (κ1) is 9.71. The lowest BCUT2D eigenvalue weighted by Gasteiger charge is -2.01. The van der Waals surface area contributed by atoms with Crippen LogP contribution < -0.4 is 0 Å². The van der Waals surface area contributed by atoms with Crippen LogP contribution in [-0.2, 0) is 4.74 Å². The van der Waals surface area contributed by atoms with E-state index in [0.717, 1.165) is 11.1 Å². The molecule has 0 bridgehead atoms. The molecule has 0 aliphatic carbocycles. The summed E-state index contributed by atoms with van der Waals surface area (Å²) in [5.74, 6) is -0.327. The summed E-state index contributed by atoms with van der Waals surface area (Å²) in [4.78, 5) is 11.4. The van der Waals surface area contributed by atoms with Crippen LogP contribution in [0, 0.1) is 6.92 Å². The molecule has 4 heteroatoms. The van der Waals surface area contributed by atoms with Crippen molar-refractivity contribution in [2.75, 3.05) is 6.61 Å². The Morgan fingerprint density at radius 1 is 1.53 bits per heavy atom. The molecule has 0 aromatic carbocycles. The predicted octanol–water partition coefficient (Wildman–Crippen LogP) is 1.82. The monoisotopic (exact) mass is 204 g/mol. The molecular weight excluding hydrogens is 192 g/mol. The zero-order valence-corrected chi connectivity index (χ0v) is 8.73. The van der Waals surface area contributed by atoms with Crippen LogP contribution in [0.4, 0.5) is 0 Å². The standard InChI is InChI=1S/C11H12N2O2/c1-3-15-11(14)9-5-10-4-8(2)7-13(10)12-6-9/h4-7H,3H2,1-2H3. The minimum Gasteiger partial charge on any atom is -0.462 e. The van der Waals surface area contributed by atoms with E-state index >= 15 is 0 Å². The number of esters is 1. The zero-order valence-electron chi connectivity index (χ0n) is 8.73. The number of rotatable bonds is 2. The summed E-state index contributed by atoms with van der Waals surface area (Å²) in [6.45, 7) is 4.15. The van der Waals surface area contributed by atoms with E-state index in [0.29, 0.717) is 12.2 Å². The molecule has 0 N–H and O–H groups in total. The molecule has 0 saturated carbocycles. The van der Waals surface area contributed by atoms with Gasteiger partial charge in [0.2, 0.25) is 0 Å². The van der Waals surface area contributed by atoms with Gasteiger partial charge in [0, 0.05) is 6.20 Å². The van der Waals surface area contributed by atoms with Crippen molar-refractivity contribution < 1.29 is 9.53 Å². The van der Waals surface area contributed by atoms with Crippen LogP contribution in [0.2, 0.25) is 0 Å². The fourth-order valence-corrected chi connectivity index (χ4v) is 1.46. The zero-order chi connectivity index (χ0) is 10.8. The van der Waals surface area contributed by atoms with Crippen molar-refractivity contribution in [1.82, 2.24) is 9.61 Å². The highest BCUT2D eigenvalue weighted by Gasteiger charge is 2.08. The third kappa shape index (κ3) is 1.83. The third-order valence-corrected chi connectivity index (χ3v) is 2.10. The van der Waals surface area contributed by atoms with Crippen molar-refractivity contribution in [2.45, 2.75) is 13.8 Å². The maximum Gasteiger partial charge on any atom is 0.339 e. The molecule has 0 aliphatic rings. The van der Waals surface area contributed by atoms with Gasteiger partial charge in [-0.05, 0) is 31.5 Å². The molecule has 2 rings (SSSR count). The first-order valence-corrected chi connectivity index (χ1v) is 4.83. The Hall–Kier alpha value is -1.84. The summed E-state index contributed by atoms with van der Waals surface area (Å²) in [6.07, 6.45) is 3.43. The number of nitrogens with zero attached hydrogens (tertiary/aromatic N) is 2. The van der Waals surface area contributed by atoms with E-state index in [1.165, 1.54) is 6.20 Å². The lowest BCUT2D eigenvalue weighted by Crippen LogP contribution is -2.06. The maximum absolute atomic E-state index is 11.4. The van der Waals surface area contributed by atoms with Gasteiger partial charge >= 0.3 is 5.97 Å². The lowest BCUT2D eigenvalue weighted by atomic mass is 10.3. The van der Waals surface area contributed by atoms with Crippen molar-refractivity contribution in [1.29, 1.82) is 0 Å². The van der Waals surface area contributed by atoms with E-state index in [9.17, 15) is 4.79 Å². The van der Waals surface area contributed by atoms with Crippen LogP contribution in [-0.4, -0.2) is 22.2 Å². The lowest BCUT2D eigenvalue weighted by molar-refractivity contribution is 0.0526. The molecule has 0 amide bonds. The molecule has 0 fully saturated rings. The number of ether oxygens (including phenoxy) is 1. The Morgan fingerprint density at radius 2 is 2.33 bits per heavy atom. The highest BCUT2D eigenvalue weighted by molar-refractivity contribution is 5.90. The van der Waals surface area contributed by atoms with Crippen molar-refractivity contribution in [3.63, 3.8) is 0 Å². The largest absolute Gasteiger partial charge is 0.462 e. The molecule has 2 aromatic rings. The number of carbonyl (C=O) groups is 1. The smallest absolute Gasteiger partial charge is 0.339 e. The van der Waals surface area contributed by atoms with Gasteiger partial charge in [0.1, 0.15) is 0 Å². The molecule has 4 nitrogen and oxygen atoms in total. The summed E-state index contributed by atoms with van der Waals surface area (Å²) in [5.41, 5.74) is 2.50. The quantitative estimate of drug-likeness (QED) is 0.701. The van der Waals surface area contributed by atoms with E-state index in [4.69, 9.17) is 4.74 Å². The SMILES string of the molecule is CCOC(=O)c1cnn2cc(C)cc2c1. The number of aryl methyl sites for hydroxylation is 1. The number of carbonyl (C=O) groups excluding carboxylic acids is 1. The minimum atomic E-state index is -0.327. The number of hydrogen-bond acceptors (Lipinski definition) is 3. The van der Waals surface area contributed by atoms with Crippen molar-refractivity contribution in [3.05, 3.63) is 35.7 Å². The predicted molar refractivity (Wildman–Crippen MR) is 55.9 cm³/mol. The van der Waals surface area contributed by atoms with E-state index in [1.807, 2.05) is 19.2 Å². The number of aromatic nitrogens is 2. The Labute approximate surface area is 87.5 Å². The molecule has 0 aliphatic heterocycles. The van der Waals surface area contributed by atoms with Gasteiger partial charge in [-0.1, -0.05) is 0 Å². The van der Waals surface area contributed by atoms with E-state index in [2.05, 4.69) is 5.10 Å². The maximum atomic E-state index is 11.4. The summed E-state index contributed by atoms with van der Waals surface area (Å²) in [5, 5.41) is 4.12. The van der Waals surface area contributed by atoms with Crippen LogP contribution in [0.25, 0.3) is 5.52 Å². The highest BCUT2D eigenvalue weighted by Crippen LogP contribution is 2.10. The molecule has 0 saturated heterocycles. The van der Waals surface area contributed by atoms with Gasteiger partial charge < -0.3 is 4.74 Å². The summed E-state index contributed by atoms with van der Waals surface area (Å²) >= 11 is 0. The molecule has 15 heavy (non-hydrogen) atoms. The van der Waals surface area contributed by atoms with Crippen molar-refractivity contribution >= 4 is 11.5 Å². The topological polar surface area (TPSA) is 43.6 Å². The van der Waals surface area contributed by atoms with Crippen LogP contribution in [0.1, 0.15) is 22.8 Å². The average Bonchev–Trinajstić information content (AvgIpc) is 2.57. The highest BCUT2D eigenvalue weighted by atomic mass is 16.5. The van der Waals surface area contributed by atoms with Gasteiger partial charge in [-0.2, -0.15) is 5.10 Å². The van der Waals surface area contributed by atoms with Gasteiger partial charge in [-0.15, -0.1) is 0 Å². The van der Waals surface area contributed by atoms with E-state index in [1.54, 1.807) is 17.5 Å². The molecule has 0 radical (unpaired) electrons. The summed E-state index contributed by atoms with van der Waals surface area (Å²) in [6, 6.07) is 3.74. The fraction of sp³-hybridized carbons (Fsp3) is 0.273.